The summed E-state index contributed by atoms with van der Waals surface area (Å²) in [4.78, 5) is 0. The van der Waals surface area contributed by atoms with Crippen molar-refractivity contribution in [1.82, 2.24) is 5.32 Å². The molecule has 1 fully saturated rings. The van der Waals surface area contributed by atoms with Crippen molar-refractivity contribution in [3.63, 3.8) is 0 Å². The standard InChI is InChI=1S/C15H21NO/c1-2-5-13-10-14(8-7-12(13)4-1)16-11-15-6-3-9-17-15/h1-2,4-5,14-16H,3,6-11H2. The number of fused-ring (bicyclic) bond motifs is 1. The molecule has 1 aliphatic heterocycles. The van der Waals surface area contributed by atoms with Crippen LogP contribution in [0, 0.1) is 0 Å². The molecule has 2 aliphatic rings. The van der Waals surface area contributed by atoms with E-state index in [2.05, 4.69) is 29.6 Å². The molecular weight excluding hydrogens is 210 g/mol. The number of ether oxygens (including phenoxy) is 1. The van der Waals surface area contributed by atoms with E-state index in [1.54, 1.807) is 5.56 Å². The highest BCUT2D eigenvalue weighted by atomic mass is 16.5. The van der Waals surface area contributed by atoms with Crippen molar-refractivity contribution in [2.24, 2.45) is 0 Å². The fourth-order valence-electron chi connectivity index (χ4n) is 2.98. The lowest BCUT2D eigenvalue weighted by Crippen LogP contribution is -2.39. The quantitative estimate of drug-likeness (QED) is 0.862. The lowest BCUT2D eigenvalue weighted by atomic mass is 9.88. The van der Waals surface area contributed by atoms with Crippen LogP contribution >= 0.6 is 0 Å². The predicted molar refractivity (Wildman–Crippen MR) is 69.2 cm³/mol. The zero-order chi connectivity index (χ0) is 11.5. The van der Waals surface area contributed by atoms with E-state index in [4.69, 9.17) is 4.74 Å². The van der Waals surface area contributed by atoms with Crippen LogP contribution in [0.15, 0.2) is 24.3 Å². The Morgan fingerprint density at radius 3 is 2.88 bits per heavy atom. The molecule has 2 unspecified atom stereocenters. The number of benzene rings is 1. The van der Waals surface area contributed by atoms with Gasteiger partial charge >= 0.3 is 0 Å². The van der Waals surface area contributed by atoms with Crippen LogP contribution in [0.3, 0.4) is 0 Å². The Morgan fingerprint density at radius 1 is 1.18 bits per heavy atom. The van der Waals surface area contributed by atoms with E-state index >= 15 is 0 Å². The van der Waals surface area contributed by atoms with Crippen molar-refractivity contribution >= 4 is 0 Å². The Labute approximate surface area is 103 Å². The second-order valence-electron chi connectivity index (χ2n) is 5.25. The van der Waals surface area contributed by atoms with Crippen LogP contribution in [0.2, 0.25) is 0 Å². The maximum Gasteiger partial charge on any atom is 0.0700 e. The third kappa shape index (κ3) is 2.70. The van der Waals surface area contributed by atoms with Gasteiger partial charge in [-0.1, -0.05) is 24.3 Å². The molecule has 0 spiro atoms. The third-order valence-corrected chi connectivity index (χ3v) is 4.01. The van der Waals surface area contributed by atoms with Crippen molar-refractivity contribution in [3.05, 3.63) is 35.4 Å². The van der Waals surface area contributed by atoms with E-state index in [0.29, 0.717) is 12.1 Å². The average molecular weight is 231 g/mol. The van der Waals surface area contributed by atoms with Crippen LogP contribution in [0.1, 0.15) is 30.4 Å². The maximum absolute atomic E-state index is 5.65. The van der Waals surface area contributed by atoms with E-state index in [1.165, 1.54) is 37.7 Å². The highest BCUT2D eigenvalue weighted by molar-refractivity contribution is 5.30. The van der Waals surface area contributed by atoms with Gasteiger partial charge in [-0.3, -0.25) is 0 Å². The van der Waals surface area contributed by atoms with Gasteiger partial charge in [0.05, 0.1) is 6.10 Å². The first kappa shape index (κ1) is 11.2. The summed E-state index contributed by atoms with van der Waals surface area (Å²) in [5.41, 5.74) is 3.08. The Morgan fingerprint density at radius 2 is 2.06 bits per heavy atom. The molecule has 1 aromatic carbocycles. The van der Waals surface area contributed by atoms with Gasteiger partial charge in [0, 0.05) is 19.2 Å². The average Bonchev–Trinajstić information content (AvgIpc) is 2.89. The van der Waals surface area contributed by atoms with Gasteiger partial charge < -0.3 is 10.1 Å². The first-order valence-corrected chi connectivity index (χ1v) is 6.83. The Hall–Kier alpha value is -0.860. The van der Waals surface area contributed by atoms with Crippen LogP contribution in [0.5, 0.6) is 0 Å². The second kappa shape index (κ2) is 5.19. The number of aryl methyl sites for hydroxylation is 1. The van der Waals surface area contributed by atoms with Gasteiger partial charge in [-0.2, -0.15) is 0 Å². The molecule has 0 radical (unpaired) electrons. The molecule has 2 nitrogen and oxygen atoms in total. The molecule has 0 aromatic heterocycles. The Balaban J connectivity index is 1.53. The van der Waals surface area contributed by atoms with E-state index in [-0.39, 0.29) is 0 Å². The second-order valence-corrected chi connectivity index (χ2v) is 5.25. The number of nitrogens with one attached hydrogen (secondary N) is 1. The summed E-state index contributed by atoms with van der Waals surface area (Å²) < 4.78 is 5.65. The van der Waals surface area contributed by atoms with Crippen molar-refractivity contribution in [2.75, 3.05) is 13.2 Å². The van der Waals surface area contributed by atoms with Crippen LogP contribution < -0.4 is 5.32 Å². The largest absolute Gasteiger partial charge is 0.377 e. The summed E-state index contributed by atoms with van der Waals surface area (Å²) in [5.74, 6) is 0. The molecule has 0 bridgehead atoms. The van der Waals surface area contributed by atoms with Gasteiger partial charge in [0.15, 0.2) is 0 Å². The number of rotatable bonds is 3. The lowest BCUT2D eigenvalue weighted by molar-refractivity contribution is 0.107. The first-order chi connectivity index (χ1) is 8.42. The zero-order valence-electron chi connectivity index (χ0n) is 10.3. The predicted octanol–water partition coefficient (Wildman–Crippen LogP) is 2.31. The number of hydrogen-bond donors (Lipinski definition) is 1. The molecule has 1 N–H and O–H groups in total. The molecule has 2 atom stereocenters. The summed E-state index contributed by atoms with van der Waals surface area (Å²) >= 11 is 0. The highest BCUT2D eigenvalue weighted by Crippen LogP contribution is 2.21. The lowest BCUT2D eigenvalue weighted by Gasteiger charge is -2.26. The molecular formula is C15H21NO. The zero-order valence-corrected chi connectivity index (χ0v) is 10.3. The summed E-state index contributed by atoms with van der Waals surface area (Å²) in [7, 11) is 0. The van der Waals surface area contributed by atoms with E-state index in [1.807, 2.05) is 0 Å². The number of hydrogen-bond acceptors (Lipinski definition) is 2. The van der Waals surface area contributed by atoms with Crippen LogP contribution in [0.4, 0.5) is 0 Å². The van der Waals surface area contributed by atoms with Crippen LogP contribution in [-0.4, -0.2) is 25.3 Å². The molecule has 1 aromatic rings. The molecule has 17 heavy (non-hydrogen) atoms. The minimum Gasteiger partial charge on any atom is -0.377 e. The molecule has 0 amide bonds. The fourth-order valence-corrected chi connectivity index (χ4v) is 2.98. The topological polar surface area (TPSA) is 21.3 Å². The molecule has 1 aliphatic carbocycles. The van der Waals surface area contributed by atoms with Gasteiger partial charge in [-0.25, -0.2) is 0 Å². The minimum atomic E-state index is 0.465. The highest BCUT2D eigenvalue weighted by Gasteiger charge is 2.20. The summed E-state index contributed by atoms with van der Waals surface area (Å²) in [6.07, 6.45) is 6.61. The van der Waals surface area contributed by atoms with Gasteiger partial charge in [0.25, 0.3) is 0 Å². The molecule has 1 heterocycles. The summed E-state index contributed by atoms with van der Waals surface area (Å²) in [6, 6.07) is 9.50. The van der Waals surface area contributed by atoms with E-state index < -0.39 is 0 Å². The van der Waals surface area contributed by atoms with Crippen molar-refractivity contribution < 1.29 is 4.74 Å². The van der Waals surface area contributed by atoms with Gasteiger partial charge in [-0.15, -0.1) is 0 Å². The monoisotopic (exact) mass is 231 g/mol. The molecule has 92 valence electrons. The Kier molecular flexibility index (Phi) is 3.44. The first-order valence-electron chi connectivity index (χ1n) is 6.83. The Bertz CT molecular complexity index is 371. The SMILES string of the molecule is c1ccc2c(c1)CCC(NCC1CCCO1)C2. The molecule has 2 heteroatoms. The van der Waals surface area contributed by atoms with Gasteiger partial charge in [-0.05, 0) is 43.2 Å². The normalized spacial score (nSPS) is 28.0. The van der Waals surface area contributed by atoms with Crippen molar-refractivity contribution in [2.45, 2.75) is 44.2 Å². The third-order valence-electron chi connectivity index (χ3n) is 4.01. The van der Waals surface area contributed by atoms with E-state index in [9.17, 15) is 0 Å². The van der Waals surface area contributed by atoms with Crippen molar-refractivity contribution in [3.8, 4) is 0 Å². The van der Waals surface area contributed by atoms with Crippen molar-refractivity contribution in [1.29, 1.82) is 0 Å². The molecule has 3 rings (SSSR count). The van der Waals surface area contributed by atoms with Gasteiger partial charge in [0.1, 0.15) is 0 Å². The van der Waals surface area contributed by atoms with Crippen LogP contribution in [0.25, 0.3) is 0 Å². The molecule has 1 saturated heterocycles. The van der Waals surface area contributed by atoms with Crippen LogP contribution in [-0.2, 0) is 17.6 Å². The smallest absolute Gasteiger partial charge is 0.0700 e. The minimum absolute atomic E-state index is 0.465. The summed E-state index contributed by atoms with van der Waals surface area (Å²) in [6.45, 7) is 1.99. The van der Waals surface area contributed by atoms with Gasteiger partial charge in [0.2, 0.25) is 0 Å². The summed E-state index contributed by atoms with van der Waals surface area (Å²) in [5, 5.41) is 3.68. The fraction of sp³-hybridized carbons (Fsp3) is 0.600. The molecule has 0 saturated carbocycles. The van der Waals surface area contributed by atoms with E-state index in [0.717, 1.165) is 13.2 Å². The maximum atomic E-state index is 5.65.